The monoisotopic (exact) mass is 562 g/mol. The van der Waals surface area contributed by atoms with Crippen molar-refractivity contribution in [3.8, 4) is 0 Å². The minimum absolute atomic E-state index is 0.0455. The van der Waals surface area contributed by atoms with Gasteiger partial charge in [-0.05, 0) is 54.8 Å². The lowest BCUT2D eigenvalue weighted by Crippen LogP contribution is -2.35. The third-order valence-corrected chi connectivity index (χ3v) is 8.73. The highest BCUT2D eigenvalue weighted by Crippen LogP contribution is 2.40. The summed E-state index contributed by atoms with van der Waals surface area (Å²) in [6.07, 6.45) is 2.67. The van der Waals surface area contributed by atoms with E-state index in [2.05, 4.69) is 15.9 Å². The fraction of sp³-hybridized carbons (Fsp3) is 0.360. The van der Waals surface area contributed by atoms with Crippen molar-refractivity contribution in [1.29, 1.82) is 0 Å². The van der Waals surface area contributed by atoms with E-state index in [1.165, 1.54) is 40.6 Å². The second-order valence-corrected chi connectivity index (χ2v) is 11.4. The zero-order valence-corrected chi connectivity index (χ0v) is 21.7. The van der Waals surface area contributed by atoms with E-state index in [1.807, 2.05) is 6.07 Å². The summed E-state index contributed by atoms with van der Waals surface area (Å²) in [5.74, 6) is -1.87. The zero-order chi connectivity index (χ0) is 25.2. The van der Waals surface area contributed by atoms with Crippen molar-refractivity contribution in [2.24, 2.45) is 0 Å². The molecule has 10 heteroatoms. The summed E-state index contributed by atoms with van der Waals surface area (Å²) in [4.78, 5) is 27.4. The van der Waals surface area contributed by atoms with Gasteiger partial charge in [-0.2, -0.15) is 4.31 Å². The number of ketones is 1. The van der Waals surface area contributed by atoms with Gasteiger partial charge >= 0.3 is 0 Å². The predicted molar refractivity (Wildman–Crippen MR) is 134 cm³/mol. The second kappa shape index (κ2) is 10.6. The molecule has 0 bridgehead atoms. The van der Waals surface area contributed by atoms with E-state index >= 15 is 0 Å². The van der Waals surface area contributed by atoms with E-state index < -0.39 is 27.8 Å². The van der Waals surface area contributed by atoms with Crippen molar-refractivity contribution in [2.45, 2.75) is 30.2 Å². The molecular formula is C25H27BrN2O6S. The molecule has 1 atom stereocenters. The molecule has 4 rings (SSSR count). The number of hydrogen-bond acceptors (Lipinski definition) is 6. The van der Waals surface area contributed by atoms with Gasteiger partial charge in [0.15, 0.2) is 0 Å². The van der Waals surface area contributed by atoms with Gasteiger partial charge in [-0.3, -0.25) is 9.59 Å². The Morgan fingerprint density at radius 3 is 2.40 bits per heavy atom. The molecule has 2 fully saturated rings. The largest absolute Gasteiger partial charge is 0.507 e. The number of aliphatic hydroxyl groups is 1. The van der Waals surface area contributed by atoms with Gasteiger partial charge in [-0.1, -0.05) is 34.5 Å². The van der Waals surface area contributed by atoms with Gasteiger partial charge in [0, 0.05) is 36.8 Å². The lowest BCUT2D eigenvalue weighted by molar-refractivity contribution is -0.140. The van der Waals surface area contributed by atoms with Crippen LogP contribution in [0.1, 0.15) is 36.4 Å². The molecule has 0 saturated carbocycles. The number of rotatable bonds is 7. The molecule has 0 radical (unpaired) electrons. The lowest BCUT2D eigenvalue weighted by Gasteiger charge is -2.26. The van der Waals surface area contributed by atoms with Crippen molar-refractivity contribution in [3.63, 3.8) is 0 Å². The number of carbonyl (C=O) groups is 2. The third kappa shape index (κ3) is 5.06. The van der Waals surface area contributed by atoms with E-state index in [0.717, 1.165) is 23.7 Å². The molecule has 1 N–H and O–H groups in total. The highest BCUT2D eigenvalue weighted by atomic mass is 79.9. The van der Waals surface area contributed by atoms with E-state index in [4.69, 9.17) is 4.74 Å². The van der Waals surface area contributed by atoms with Gasteiger partial charge < -0.3 is 14.7 Å². The number of carbonyl (C=O) groups excluding carboxylic acids is 2. The normalized spacial score (nSPS) is 21.0. The molecule has 0 aromatic heterocycles. The third-order valence-electron chi connectivity index (χ3n) is 6.32. The minimum atomic E-state index is -3.63. The molecule has 2 aliphatic heterocycles. The van der Waals surface area contributed by atoms with Crippen LogP contribution in [0.4, 0.5) is 0 Å². The number of Topliss-reactive ketones (excluding diaryl/α,β-unsaturated/α-hetero) is 1. The highest BCUT2D eigenvalue weighted by molar-refractivity contribution is 9.10. The van der Waals surface area contributed by atoms with Gasteiger partial charge in [0.25, 0.3) is 11.7 Å². The van der Waals surface area contributed by atoms with Crippen LogP contribution in [-0.2, 0) is 24.3 Å². The number of piperidine rings is 1. The van der Waals surface area contributed by atoms with Crippen molar-refractivity contribution < 1.29 is 27.9 Å². The number of nitrogens with zero attached hydrogens (tertiary/aromatic N) is 2. The second-order valence-electron chi connectivity index (χ2n) is 8.53. The van der Waals surface area contributed by atoms with Gasteiger partial charge in [-0.25, -0.2) is 8.42 Å². The Bertz CT molecular complexity index is 1250. The number of halogens is 1. The number of methoxy groups -OCH3 is 1. The molecule has 2 aromatic carbocycles. The first-order valence-electron chi connectivity index (χ1n) is 11.4. The molecule has 8 nitrogen and oxygen atoms in total. The van der Waals surface area contributed by atoms with Crippen molar-refractivity contribution in [1.82, 2.24) is 9.21 Å². The summed E-state index contributed by atoms with van der Waals surface area (Å²) in [6.45, 7) is 1.37. The Morgan fingerprint density at radius 1 is 1.09 bits per heavy atom. The Kier molecular flexibility index (Phi) is 7.75. The number of ether oxygens (including phenoxy) is 1. The SMILES string of the molecule is COCCN1C(=O)C(=O)C(=C(O)c2ccc(S(=O)(=O)N3CCCCC3)cc2)[C@H]1c1cccc(Br)c1. The molecule has 0 spiro atoms. The quantitative estimate of drug-likeness (QED) is 0.313. The fourth-order valence-electron chi connectivity index (χ4n) is 4.52. The molecule has 35 heavy (non-hydrogen) atoms. The van der Waals surface area contributed by atoms with Crippen LogP contribution >= 0.6 is 15.9 Å². The van der Waals surface area contributed by atoms with Crippen LogP contribution in [0.2, 0.25) is 0 Å². The number of aliphatic hydroxyl groups excluding tert-OH is 1. The standard InChI is InChI=1S/C25H27BrN2O6S/c1-34-15-14-28-22(18-6-5-7-19(26)16-18)21(24(30)25(28)31)23(29)17-8-10-20(11-9-17)35(32,33)27-12-3-2-4-13-27/h5-11,16,22,29H,2-4,12-15H2,1H3/t22-/m1/s1. The first-order valence-corrected chi connectivity index (χ1v) is 13.6. The maximum absolute atomic E-state index is 13.0. The molecule has 2 aliphatic rings. The average Bonchev–Trinajstić information content (AvgIpc) is 3.12. The Labute approximate surface area is 213 Å². The Balaban J connectivity index is 1.74. The number of benzene rings is 2. The molecule has 0 aliphatic carbocycles. The predicted octanol–water partition coefficient (Wildman–Crippen LogP) is 3.69. The maximum atomic E-state index is 13.0. The van der Waals surface area contributed by atoms with Gasteiger partial charge in [0.05, 0.1) is 23.1 Å². The molecule has 2 aromatic rings. The Morgan fingerprint density at radius 2 is 1.77 bits per heavy atom. The van der Waals surface area contributed by atoms with Crippen molar-refractivity contribution in [3.05, 3.63) is 69.7 Å². The van der Waals surface area contributed by atoms with Crippen molar-refractivity contribution in [2.75, 3.05) is 33.4 Å². The van der Waals surface area contributed by atoms with Crippen LogP contribution in [0.15, 0.2) is 63.5 Å². The van der Waals surface area contributed by atoms with Crippen LogP contribution in [0.3, 0.4) is 0 Å². The first-order chi connectivity index (χ1) is 16.8. The van der Waals surface area contributed by atoms with Gasteiger partial charge in [-0.15, -0.1) is 0 Å². The lowest BCUT2D eigenvalue weighted by atomic mass is 9.95. The molecule has 1 amide bonds. The van der Waals surface area contributed by atoms with Gasteiger partial charge in [0.2, 0.25) is 10.0 Å². The molecular weight excluding hydrogens is 536 g/mol. The maximum Gasteiger partial charge on any atom is 0.295 e. The smallest absolute Gasteiger partial charge is 0.295 e. The molecule has 186 valence electrons. The average molecular weight is 563 g/mol. The van der Waals surface area contributed by atoms with Crippen LogP contribution in [0, 0.1) is 0 Å². The molecule has 2 saturated heterocycles. The summed E-state index contributed by atoms with van der Waals surface area (Å²) in [5.41, 5.74) is 0.865. The minimum Gasteiger partial charge on any atom is -0.507 e. The summed E-state index contributed by atoms with van der Waals surface area (Å²) in [7, 11) is -2.13. The Hall–Kier alpha value is -2.53. The van der Waals surface area contributed by atoms with E-state index in [9.17, 15) is 23.1 Å². The number of sulfonamides is 1. The fourth-order valence-corrected chi connectivity index (χ4v) is 6.45. The summed E-state index contributed by atoms with van der Waals surface area (Å²) >= 11 is 3.42. The van der Waals surface area contributed by atoms with E-state index in [-0.39, 0.29) is 34.9 Å². The topological polar surface area (TPSA) is 104 Å². The van der Waals surface area contributed by atoms with Crippen LogP contribution in [0.5, 0.6) is 0 Å². The summed E-state index contributed by atoms with van der Waals surface area (Å²) < 4.78 is 33.3. The first kappa shape index (κ1) is 25.6. The number of amides is 1. The summed E-state index contributed by atoms with van der Waals surface area (Å²) in [5, 5.41) is 11.2. The summed E-state index contributed by atoms with van der Waals surface area (Å²) in [6, 6.07) is 12.2. The highest BCUT2D eigenvalue weighted by Gasteiger charge is 2.46. The zero-order valence-electron chi connectivity index (χ0n) is 19.3. The number of likely N-dealkylation sites (tertiary alicyclic amines) is 1. The van der Waals surface area contributed by atoms with E-state index in [1.54, 1.807) is 18.2 Å². The van der Waals surface area contributed by atoms with E-state index in [0.29, 0.717) is 18.7 Å². The van der Waals surface area contributed by atoms with Crippen LogP contribution in [-0.4, -0.2) is 67.8 Å². The van der Waals surface area contributed by atoms with Crippen LogP contribution in [0.25, 0.3) is 5.76 Å². The molecule has 0 unspecified atom stereocenters. The molecule has 2 heterocycles. The van der Waals surface area contributed by atoms with Crippen molar-refractivity contribution >= 4 is 43.4 Å². The van der Waals surface area contributed by atoms with Gasteiger partial charge in [0.1, 0.15) is 5.76 Å². The van der Waals surface area contributed by atoms with Crippen LogP contribution < -0.4 is 0 Å². The number of hydrogen-bond donors (Lipinski definition) is 1.